The highest BCUT2D eigenvalue weighted by Crippen LogP contribution is 2.32. The van der Waals surface area contributed by atoms with Crippen LogP contribution in [0.2, 0.25) is 0 Å². The van der Waals surface area contributed by atoms with Crippen molar-refractivity contribution >= 4 is 11.9 Å². The Bertz CT molecular complexity index is 692. The van der Waals surface area contributed by atoms with E-state index in [1.807, 2.05) is 13.0 Å². The van der Waals surface area contributed by atoms with Gasteiger partial charge in [-0.1, -0.05) is 0 Å². The molecule has 0 aliphatic carbocycles. The molecule has 0 bridgehead atoms. The highest BCUT2D eigenvalue weighted by atomic mass is 16.4. The number of aliphatic carboxylic acids is 1. The zero-order valence-corrected chi connectivity index (χ0v) is 13.0. The number of carboxylic acids is 1. The van der Waals surface area contributed by atoms with Gasteiger partial charge >= 0.3 is 5.97 Å². The smallest absolute Gasteiger partial charge is 0.303 e. The van der Waals surface area contributed by atoms with Gasteiger partial charge in [0.1, 0.15) is 0 Å². The van der Waals surface area contributed by atoms with E-state index in [1.165, 1.54) is 0 Å². The van der Waals surface area contributed by atoms with Crippen molar-refractivity contribution in [3.05, 3.63) is 41.7 Å². The molecule has 1 aliphatic rings. The zero-order chi connectivity index (χ0) is 16.2. The first-order valence-electron chi connectivity index (χ1n) is 7.73. The standard InChI is InChI=1S/C16H19N5O2/c1-11-10-12(5-6-14(22)23)20-15(19-11)13-4-2-9-21(13)16-17-7-3-8-18-16/h3,7-8,10,13H,2,4-6,9H2,1H3,(H,22,23)/t13-/m1/s1. The van der Waals surface area contributed by atoms with E-state index in [9.17, 15) is 4.79 Å². The molecule has 3 heterocycles. The molecule has 2 aromatic heterocycles. The Morgan fingerprint density at radius 2 is 2.13 bits per heavy atom. The van der Waals surface area contributed by atoms with Gasteiger partial charge in [-0.3, -0.25) is 4.79 Å². The van der Waals surface area contributed by atoms with Gasteiger partial charge in [-0.15, -0.1) is 0 Å². The number of hydrogen-bond donors (Lipinski definition) is 1. The molecule has 3 rings (SSSR count). The summed E-state index contributed by atoms with van der Waals surface area (Å²) in [5, 5.41) is 8.85. The minimum absolute atomic E-state index is 0.0425. The second kappa shape index (κ2) is 6.68. The SMILES string of the molecule is Cc1cc(CCC(=O)O)nc([C@H]2CCCN2c2ncccn2)n1. The number of anilines is 1. The predicted octanol–water partition coefficient (Wildman–Crippen LogP) is 1.93. The van der Waals surface area contributed by atoms with Crippen LogP contribution in [0.5, 0.6) is 0 Å². The lowest BCUT2D eigenvalue weighted by Gasteiger charge is -2.23. The fraction of sp³-hybridized carbons (Fsp3) is 0.438. The lowest BCUT2D eigenvalue weighted by Crippen LogP contribution is -2.26. The lowest BCUT2D eigenvalue weighted by molar-refractivity contribution is -0.136. The van der Waals surface area contributed by atoms with Crippen LogP contribution in [-0.4, -0.2) is 37.6 Å². The molecule has 0 unspecified atom stereocenters. The molecule has 1 aliphatic heterocycles. The number of rotatable bonds is 5. The van der Waals surface area contributed by atoms with E-state index in [4.69, 9.17) is 5.11 Å². The zero-order valence-electron chi connectivity index (χ0n) is 13.0. The van der Waals surface area contributed by atoms with Crippen LogP contribution in [0.25, 0.3) is 0 Å². The minimum Gasteiger partial charge on any atom is -0.481 e. The van der Waals surface area contributed by atoms with Crippen LogP contribution in [0.1, 0.15) is 42.5 Å². The summed E-state index contributed by atoms with van der Waals surface area (Å²) in [7, 11) is 0. The van der Waals surface area contributed by atoms with Crippen molar-refractivity contribution < 1.29 is 9.90 Å². The second-order valence-electron chi connectivity index (χ2n) is 5.65. The van der Waals surface area contributed by atoms with E-state index < -0.39 is 5.97 Å². The van der Waals surface area contributed by atoms with Gasteiger partial charge in [-0.2, -0.15) is 0 Å². The van der Waals surface area contributed by atoms with E-state index in [0.717, 1.165) is 36.6 Å². The molecular weight excluding hydrogens is 294 g/mol. The molecule has 1 N–H and O–H groups in total. The Morgan fingerprint density at radius 1 is 1.35 bits per heavy atom. The Balaban J connectivity index is 1.86. The van der Waals surface area contributed by atoms with Crippen molar-refractivity contribution in [3.8, 4) is 0 Å². The first-order chi connectivity index (χ1) is 11.1. The molecule has 0 saturated carbocycles. The Morgan fingerprint density at radius 3 is 2.87 bits per heavy atom. The molecule has 2 aromatic rings. The minimum atomic E-state index is -0.817. The van der Waals surface area contributed by atoms with E-state index >= 15 is 0 Å². The van der Waals surface area contributed by atoms with E-state index in [2.05, 4.69) is 24.8 Å². The number of nitrogens with zero attached hydrogens (tertiary/aromatic N) is 5. The summed E-state index contributed by atoms with van der Waals surface area (Å²) in [6.07, 6.45) is 5.93. The molecule has 23 heavy (non-hydrogen) atoms. The quantitative estimate of drug-likeness (QED) is 0.901. The summed E-state index contributed by atoms with van der Waals surface area (Å²) in [6, 6.07) is 3.69. The van der Waals surface area contributed by atoms with Crippen LogP contribution in [0.15, 0.2) is 24.5 Å². The average Bonchev–Trinajstić information content (AvgIpc) is 3.03. The van der Waals surface area contributed by atoms with Crippen molar-refractivity contribution in [1.82, 2.24) is 19.9 Å². The van der Waals surface area contributed by atoms with Crippen molar-refractivity contribution in [2.24, 2.45) is 0 Å². The van der Waals surface area contributed by atoms with Gasteiger partial charge in [-0.05, 0) is 31.9 Å². The highest BCUT2D eigenvalue weighted by molar-refractivity contribution is 5.66. The number of carboxylic acid groups (broad SMARTS) is 1. The maximum Gasteiger partial charge on any atom is 0.303 e. The van der Waals surface area contributed by atoms with Gasteiger partial charge in [0.15, 0.2) is 5.82 Å². The van der Waals surface area contributed by atoms with E-state index in [0.29, 0.717) is 12.4 Å². The maximum absolute atomic E-state index is 10.8. The monoisotopic (exact) mass is 313 g/mol. The Hall–Kier alpha value is -2.57. The van der Waals surface area contributed by atoms with Crippen molar-refractivity contribution in [2.45, 2.75) is 38.6 Å². The molecule has 120 valence electrons. The summed E-state index contributed by atoms with van der Waals surface area (Å²) in [6.45, 7) is 2.78. The fourth-order valence-corrected chi connectivity index (χ4v) is 2.88. The first kappa shape index (κ1) is 15.3. The lowest BCUT2D eigenvalue weighted by atomic mass is 10.1. The summed E-state index contributed by atoms with van der Waals surface area (Å²) in [4.78, 5) is 30.7. The molecule has 0 radical (unpaired) electrons. The molecule has 1 atom stereocenters. The van der Waals surface area contributed by atoms with Gasteiger partial charge in [0.25, 0.3) is 0 Å². The number of aromatic nitrogens is 4. The maximum atomic E-state index is 10.8. The fourth-order valence-electron chi connectivity index (χ4n) is 2.88. The summed E-state index contributed by atoms with van der Waals surface area (Å²) in [5.74, 6) is 0.602. The number of aryl methyl sites for hydroxylation is 2. The molecular formula is C16H19N5O2. The normalized spacial score (nSPS) is 17.4. The third-order valence-electron chi connectivity index (χ3n) is 3.88. The third-order valence-corrected chi connectivity index (χ3v) is 3.88. The van der Waals surface area contributed by atoms with E-state index in [-0.39, 0.29) is 12.5 Å². The molecule has 0 aromatic carbocycles. The number of hydrogen-bond acceptors (Lipinski definition) is 6. The summed E-state index contributed by atoms with van der Waals surface area (Å²) < 4.78 is 0. The molecule has 7 heteroatoms. The third kappa shape index (κ3) is 3.61. The largest absolute Gasteiger partial charge is 0.481 e. The molecule has 1 saturated heterocycles. The van der Waals surface area contributed by atoms with Crippen LogP contribution in [-0.2, 0) is 11.2 Å². The number of carbonyl (C=O) groups is 1. The van der Waals surface area contributed by atoms with Crippen LogP contribution in [0, 0.1) is 6.92 Å². The average molecular weight is 313 g/mol. The first-order valence-corrected chi connectivity index (χ1v) is 7.73. The summed E-state index contributed by atoms with van der Waals surface area (Å²) in [5.41, 5.74) is 1.63. The van der Waals surface area contributed by atoms with Gasteiger partial charge in [0, 0.05) is 36.7 Å². The van der Waals surface area contributed by atoms with Crippen LogP contribution < -0.4 is 4.90 Å². The molecule has 7 nitrogen and oxygen atoms in total. The molecule has 1 fully saturated rings. The van der Waals surface area contributed by atoms with Crippen LogP contribution >= 0.6 is 0 Å². The van der Waals surface area contributed by atoms with Crippen LogP contribution in [0.3, 0.4) is 0 Å². The van der Waals surface area contributed by atoms with Crippen molar-refractivity contribution in [3.63, 3.8) is 0 Å². The van der Waals surface area contributed by atoms with Crippen molar-refractivity contribution in [1.29, 1.82) is 0 Å². The topological polar surface area (TPSA) is 92.1 Å². The van der Waals surface area contributed by atoms with Gasteiger partial charge < -0.3 is 10.0 Å². The van der Waals surface area contributed by atoms with Gasteiger partial charge in [0.05, 0.1) is 12.5 Å². The molecule has 0 spiro atoms. The van der Waals surface area contributed by atoms with Gasteiger partial charge in [0.2, 0.25) is 5.95 Å². The van der Waals surface area contributed by atoms with Crippen LogP contribution in [0.4, 0.5) is 5.95 Å². The summed E-state index contributed by atoms with van der Waals surface area (Å²) >= 11 is 0. The van der Waals surface area contributed by atoms with Gasteiger partial charge in [-0.25, -0.2) is 19.9 Å². The predicted molar refractivity (Wildman–Crippen MR) is 84.1 cm³/mol. The Labute approximate surface area is 134 Å². The van der Waals surface area contributed by atoms with E-state index in [1.54, 1.807) is 18.5 Å². The Kier molecular flexibility index (Phi) is 4.45. The van der Waals surface area contributed by atoms with Crippen molar-refractivity contribution in [2.75, 3.05) is 11.4 Å². The highest BCUT2D eigenvalue weighted by Gasteiger charge is 2.30. The molecule has 0 amide bonds. The second-order valence-corrected chi connectivity index (χ2v) is 5.65.